The van der Waals surface area contributed by atoms with E-state index in [0.29, 0.717) is 24.4 Å². The molecule has 4 rings (SSSR count). The van der Waals surface area contributed by atoms with E-state index < -0.39 is 17.2 Å². The van der Waals surface area contributed by atoms with Gasteiger partial charge in [0.1, 0.15) is 18.1 Å². The van der Waals surface area contributed by atoms with Crippen LogP contribution in [0.2, 0.25) is 0 Å². The number of anilines is 3. The van der Waals surface area contributed by atoms with Crippen LogP contribution in [0.15, 0.2) is 35.4 Å². The van der Waals surface area contributed by atoms with Crippen LogP contribution in [-0.4, -0.2) is 35.2 Å². The van der Waals surface area contributed by atoms with E-state index in [9.17, 15) is 9.59 Å². The highest BCUT2D eigenvalue weighted by atomic mass is 19.1. The van der Waals surface area contributed by atoms with Gasteiger partial charge in [-0.05, 0) is 19.1 Å². The molecule has 162 valence electrons. The van der Waals surface area contributed by atoms with Gasteiger partial charge in [-0.2, -0.15) is 0 Å². The van der Waals surface area contributed by atoms with Crippen LogP contribution in [0, 0.1) is 5.82 Å². The van der Waals surface area contributed by atoms with Crippen molar-refractivity contribution in [1.82, 2.24) is 9.55 Å². The Labute approximate surface area is 177 Å². The summed E-state index contributed by atoms with van der Waals surface area (Å²) in [6.45, 7) is 2.98. The van der Waals surface area contributed by atoms with Crippen molar-refractivity contribution in [2.45, 2.75) is 19.4 Å². The van der Waals surface area contributed by atoms with E-state index in [4.69, 9.17) is 16.2 Å². The minimum atomic E-state index is -0.769. The maximum atomic E-state index is 15.2. The van der Waals surface area contributed by atoms with E-state index in [1.165, 1.54) is 0 Å². The number of amides is 1. The molecule has 0 saturated carbocycles. The van der Waals surface area contributed by atoms with E-state index in [0.717, 1.165) is 0 Å². The third-order valence-corrected chi connectivity index (χ3v) is 5.18. The van der Waals surface area contributed by atoms with Crippen molar-refractivity contribution >= 4 is 34.0 Å². The highest BCUT2D eigenvalue weighted by Gasteiger charge is 2.29. The molecule has 1 amide bonds. The van der Waals surface area contributed by atoms with Gasteiger partial charge >= 0.3 is 0 Å². The Balaban J connectivity index is 1.73. The number of nitrogens with one attached hydrogen (secondary N) is 2. The molecule has 3 heterocycles. The van der Waals surface area contributed by atoms with Gasteiger partial charge in [-0.15, -0.1) is 0 Å². The number of pyridine rings is 2. The summed E-state index contributed by atoms with van der Waals surface area (Å²) in [5.41, 5.74) is 11.2. The number of carbonyl (C=O) groups is 1. The second-order valence-electron chi connectivity index (χ2n) is 7.42. The molecule has 0 radical (unpaired) electrons. The molecule has 0 saturated heterocycles. The van der Waals surface area contributed by atoms with Gasteiger partial charge in [0.25, 0.3) is 0 Å². The third-order valence-electron chi connectivity index (χ3n) is 5.18. The van der Waals surface area contributed by atoms with E-state index in [-0.39, 0.29) is 47.1 Å². The Hall–Kier alpha value is -3.82. The number of nitrogens with zero attached hydrogens (tertiary/aromatic N) is 2. The second kappa shape index (κ2) is 8.13. The fourth-order valence-corrected chi connectivity index (χ4v) is 3.72. The summed E-state index contributed by atoms with van der Waals surface area (Å²) in [5.74, 6) is -0.498. The SMILES string of the molecule is C[C@H]1COc2c(NCCNc3ccccn3)c(F)c(N)c3c(=O)c(CC(N)=O)cn1c23. The summed E-state index contributed by atoms with van der Waals surface area (Å²) in [4.78, 5) is 28.5. The predicted molar refractivity (Wildman–Crippen MR) is 117 cm³/mol. The summed E-state index contributed by atoms with van der Waals surface area (Å²) in [6.07, 6.45) is 3.00. The lowest BCUT2D eigenvalue weighted by atomic mass is 10.0. The van der Waals surface area contributed by atoms with Crippen LogP contribution in [0.3, 0.4) is 0 Å². The number of primary amides is 1. The highest BCUT2D eigenvalue weighted by Crippen LogP contribution is 2.43. The van der Waals surface area contributed by atoms with Crippen molar-refractivity contribution < 1.29 is 13.9 Å². The molecule has 1 aromatic carbocycles. The number of benzene rings is 1. The van der Waals surface area contributed by atoms with Gasteiger partial charge in [-0.3, -0.25) is 9.59 Å². The van der Waals surface area contributed by atoms with Crippen molar-refractivity contribution in [2.75, 3.05) is 36.1 Å². The van der Waals surface area contributed by atoms with Crippen LogP contribution < -0.4 is 32.3 Å². The molecule has 1 atom stereocenters. The standard InChI is InChI=1S/C21H23FN6O3/c1-11-10-31-21-18(27-7-6-26-14-4-2-3-5-25-14)16(22)17(24)15-19(21)28(11)9-12(20(15)30)8-13(23)29/h2-5,9,11,27H,6-8,10,24H2,1H3,(H2,23,29)(H,25,26)/t11-/m0/s1. The first-order valence-electron chi connectivity index (χ1n) is 9.87. The molecule has 9 nitrogen and oxygen atoms in total. The summed E-state index contributed by atoms with van der Waals surface area (Å²) < 4.78 is 22.8. The van der Waals surface area contributed by atoms with Crippen LogP contribution in [0.5, 0.6) is 5.75 Å². The Bertz CT molecular complexity index is 1210. The molecule has 10 heteroatoms. The molecule has 0 fully saturated rings. The first-order chi connectivity index (χ1) is 14.9. The van der Waals surface area contributed by atoms with Gasteiger partial charge in [-0.1, -0.05) is 6.07 Å². The van der Waals surface area contributed by atoms with E-state index in [1.807, 2.05) is 25.1 Å². The smallest absolute Gasteiger partial charge is 0.222 e. The molecular weight excluding hydrogens is 403 g/mol. The molecule has 1 aliphatic rings. The lowest BCUT2D eigenvalue weighted by Crippen LogP contribution is -2.28. The number of nitrogen functional groups attached to an aromatic ring is 1. The number of hydrogen-bond donors (Lipinski definition) is 4. The predicted octanol–water partition coefficient (Wildman–Crippen LogP) is 1.62. The van der Waals surface area contributed by atoms with Crippen molar-refractivity contribution in [1.29, 1.82) is 0 Å². The zero-order valence-corrected chi connectivity index (χ0v) is 16.9. The number of carbonyl (C=O) groups excluding carboxylic acids is 1. The van der Waals surface area contributed by atoms with Gasteiger partial charge in [0.05, 0.1) is 29.1 Å². The van der Waals surface area contributed by atoms with Crippen molar-refractivity contribution in [3.05, 3.63) is 52.2 Å². The Kier molecular flexibility index (Phi) is 5.37. The summed E-state index contributed by atoms with van der Waals surface area (Å²) >= 11 is 0. The number of hydrogen-bond acceptors (Lipinski definition) is 7. The number of aromatic nitrogens is 2. The fourth-order valence-electron chi connectivity index (χ4n) is 3.72. The maximum Gasteiger partial charge on any atom is 0.222 e. The maximum absolute atomic E-state index is 15.2. The number of rotatable bonds is 7. The average molecular weight is 426 g/mol. The molecule has 1 aliphatic heterocycles. The first-order valence-corrected chi connectivity index (χ1v) is 9.87. The molecule has 2 aromatic heterocycles. The summed E-state index contributed by atoms with van der Waals surface area (Å²) in [5, 5.41) is 6.14. The minimum absolute atomic E-state index is 0.00467. The lowest BCUT2D eigenvalue weighted by molar-refractivity contribution is -0.117. The van der Waals surface area contributed by atoms with E-state index in [2.05, 4.69) is 15.6 Å². The summed E-state index contributed by atoms with van der Waals surface area (Å²) in [6, 6.07) is 5.35. The molecule has 0 aliphatic carbocycles. The second-order valence-corrected chi connectivity index (χ2v) is 7.42. The van der Waals surface area contributed by atoms with Crippen molar-refractivity contribution in [3.63, 3.8) is 0 Å². The monoisotopic (exact) mass is 426 g/mol. The number of halogens is 1. The fraction of sp³-hybridized carbons (Fsp3) is 0.286. The third kappa shape index (κ3) is 3.72. The van der Waals surface area contributed by atoms with Crippen LogP contribution >= 0.6 is 0 Å². The molecule has 0 spiro atoms. The topological polar surface area (TPSA) is 137 Å². The van der Waals surface area contributed by atoms with Crippen molar-refractivity contribution in [3.8, 4) is 5.75 Å². The van der Waals surface area contributed by atoms with Crippen LogP contribution in [-0.2, 0) is 11.2 Å². The molecule has 31 heavy (non-hydrogen) atoms. The van der Waals surface area contributed by atoms with Gasteiger partial charge < -0.3 is 31.4 Å². The zero-order valence-electron chi connectivity index (χ0n) is 16.9. The largest absolute Gasteiger partial charge is 0.487 e. The molecule has 0 bridgehead atoms. The molecule has 6 N–H and O–H groups in total. The Morgan fingerprint density at radius 3 is 2.84 bits per heavy atom. The lowest BCUT2D eigenvalue weighted by Gasteiger charge is -2.29. The van der Waals surface area contributed by atoms with Gasteiger partial charge in [0.2, 0.25) is 5.91 Å². The molecular formula is C21H23FN6O3. The number of ether oxygens (including phenoxy) is 1. The van der Waals surface area contributed by atoms with Gasteiger partial charge in [0.15, 0.2) is 17.0 Å². The highest BCUT2D eigenvalue weighted by molar-refractivity contribution is 6.00. The summed E-state index contributed by atoms with van der Waals surface area (Å²) in [7, 11) is 0. The van der Waals surface area contributed by atoms with E-state index >= 15 is 4.39 Å². The van der Waals surface area contributed by atoms with Gasteiger partial charge in [0, 0.05) is 31.0 Å². The first kappa shape index (κ1) is 20.5. The zero-order chi connectivity index (χ0) is 22.1. The van der Waals surface area contributed by atoms with Crippen molar-refractivity contribution in [2.24, 2.45) is 5.73 Å². The van der Waals surface area contributed by atoms with Crippen LogP contribution in [0.25, 0.3) is 10.9 Å². The van der Waals surface area contributed by atoms with E-state index in [1.54, 1.807) is 17.0 Å². The molecule has 3 aromatic rings. The normalized spacial score (nSPS) is 14.8. The number of nitrogens with two attached hydrogens (primary N) is 2. The Morgan fingerprint density at radius 1 is 1.35 bits per heavy atom. The average Bonchev–Trinajstić information content (AvgIpc) is 2.75. The Morgan fingerprint density at radius 2 is 2.13 bits per heavy atom. The van der Waals surface area contributed by atoms with Crippen LogP contribution in [0.1, 0.15) is 18.5 Å². The van der Waals surface area contributed by atoms with Gasteiger partial charge in [-0.25, -0.2) is 9.37 Å². The van der Waals surface area contributed by atoms with Crippen LogP contribution in [0.4, 0.5) is 21.6 Å². The minimum Gasteiger partial charge on any atom is -0.487 e. The molecule has 0 unspecified atom stereocenters. The quantitative estimate of drug-likeness (QED) is 0.333.